The zero-order valence-electron chi connectivity index (χ0n) is 55.4. The highest BCUT2D eigenvalue weighted by molar-refractivity contribution is 5.94. The van der Waals surface area contributed by atoms with Crippen LogP contribution in [-0.2, 0) is 71.3 Å². The smallest absolute Gasteiger partial charge is 0.251 e. The van der Waals surface area contributed by atoms with E-state index in [4.69, 9.17) is 56.8 Å². The summed E-state index contributed by atoms with van der Waals surface area (Å²) in [5.74, 6) is 2.52. The van der Waals surface area contributed by atoms with E-state index in [0.29, 0.717) is 18.6 Å². The third-order valence-electron chi connectivity index (χ3n) is 16.9. The van der Waals surface area contributed by atoms with Crippen molar-refractivity contribution in [3.05, 3.63) is 29.8 Å². The van der Waals surface area contributed by atoms with Crippen molar-refractivity contribution >= 4 is 29.5 Å². The number of ether oxygens (including phenoxy) is 12. The quantitative estimate of drug-likeness (QED) is 0.0177. The van der Waals surface area contributed by atoms with E-state index in [1.165, 1.54) is 26.0 Å². The van der Waals surface area contributed by atoms with E-state index >= 15 is 0 Å². The number of nitrogens with one attached hydrogen (secondary N) is 5. The zero-order chi connectivity index (χ0) is 72.2. The summed E-state index contributed by atoms with van der Waals surface area (Å²) in [7, 11) is 0. The van der Waals surface area contributed by atoms with Gasteiger partial charge in [0.25, 0.3) is 5.91 Å². The van der Waals surface area contributed by atoms with Gasteiger partial charge < -0.3 is 155 Å². The molecule has 19 N–H and O–H groups in total. The molecule has 98 heavy (non-hydrogen) atoms. The van der Waals surface area contributed by atoms with Gasteiger partial charge in [-0.05, 0) is 44.9 Å². The zero-order valence-corrected chi connectivity index (χ0v) is 55.4. The van der Waals surface area contributed by atoms with Gasteiger partial charge in [-0.3, -0.25) is 24.0 Å². The Hall–Kier alpha value is -5.07. The molecule has 5 saturated heterocycles. The van der Waals surface area contributed by atoms with Crippen LogP contribution in [0, 0.1) is 11.8 Å². The minimum absolute atomic E-state index is 0.0389. The molecule has 5 heterocycles. The van der Waals surface area contributed by atoms with E-state index in [2.05, 4.69) is 45.3 Å². The number of carbonyl (C=O) groups excluding carboxylic acids is 5. The van der Waals surface area contributed by atoms with Crippen molar-refractivity contribution in [3.63, 3.8) is 0 Å². The van der Waals surface area contributed by atoms with Gasteiger partial charge in [-0.25, -0.2) is 0 Å². The second-order valence-corrected chi connectivity index (χ2v) is 24.5. The lowest BCUT2D eigenvalue weighted by atomic mass is 9.94. The number of carbonyl (C=O) groups is 5. The van der Waals surface area contributed by atoms with Crippen molar-refractivity contribution in [1.82, 2.24) is 26.6 Å². The molecular formula is C62H99N5O31. The van der Waals surface area contributed by atoms with Crippen molar-refractivity contribution in [2.45, 2.75) is 271 Å². The summed E-state index contributed by atoms with van der Waals surface area (Å²) in [5, 5.41) is 167. The average molecular weight is 1410 g/mol. The SMILES string of the molecule is CCCCCCC#CCCCOc1cccc(C(=O)N[C@@H]2C(O[C@H]3C(O)C(NC(C)=O)[C@H](OC(C)C(CO)O[C@@H](O[C@H]4C(O)C(NC(C)=O)C(OC5C(CO[C@@H]6OC(C)C(O)[C@H](O)[C@H]6O)OC(O)[C@@H](NC(C)=O)[C@H]5O)O[C@H]4CO)C(O)NC(C)=O)O[C@H]3CO)OC(CO)[C@@H](O)[C@@H]2O)c1. The molecule has 558 valence electrons. The summed E-state index contributed by atoms with van der Waals surface area (Å²) < 4.78 is 71.4. The Kier molecular flexibility index (Phi) is 32.9. The molecule has 36 nitrogen and oxygen atoms in total. The molecule has 15 unspecified atom stereocenters. The van der Waals surface area contributed by atoms with Gasteiger partial charge in [0.05, 0.1) is 51.8 Å². The van der Waals surface area contributed by atoms with Crippen LogP contribution in [0.3, 0.4) is 0 Å². The van der Waals surface area contributed by atoms with E-state index in [0.717, 1.165) is 59.8 Å². The number of rotatable bonds is 33. The van der Waals surface area contributed by atoms with Gasteiger partial charge in [0.15, 0.2) is 37.7 Å². The Morgan fingerprint density at radius 2 is 1.11 bits per heavy atom. The van der Waals surface area contributed by atoms with Crippen LogP contribution in [0.2, 0.25) is 0 Å². The molecular weight excluding hydrogens is 1310 g/mol. The number of amides is 5. The molecule has 1 aromatic carbocycles. The lowest BCUT2D eigenvalue weighted by Gasteiger charge is -2.49. The first kappa shape index (κ1) is 81.9. The summed E-state index contributed by atoms with van der Waals surface area (Å²) >= 11 is 0. The Bertz CT molecular complexity index is 2720. The molecule has 0 saturated carbocycles. The number of hydrogen-bond acceptors (Lipinski definition) is 31. The summed E-state index contributed by atoms with van der Waals surface area (Å²) in [6, 6.07) is -0.727. The third-order valence-corrected chi connectivity index (χ3v) is 16.9. The molecule has 0 bridgehead atoms. The molecule has 0 aromatic heterocycles. The van der Waals surface area contributed by atoms with Crippen molar-refractivity contribution in [2.75, 3.05) is 39.6 Å². The van der Waals surface area contributed by atoms with Crippen molar-refractivity contribution in [1.29, 1.82) is 0 Å². The van der Waals surface area contributed by atoms with Gasteiger partial charge in [-0.1, -0.05) is 32.3 Å². The molecule has 6 rings (SSSR count). The summed E-state index contributed by atoms with van der Waals surface area (Å²) in [5.41, 5.74) is 0.0389. The van der Waals surface area contributed by atoms with E-state index in [-0.39, 0.29) is 12.2 Å². The summed E-state index contributed by atoms with van der Waals surface area (Å²) in [6.45, 7) is 4.45. The van der Waals surface area contributed by atoms with E-state index in [1.54, 1.807) is 12.1 Å². The normalized spacial score (nSPS) is 36.2. The minimum Gasteiger partial charge on any atom is -0.494 e. The monoisotopic (exact) mass is 1410 g/mol. The highest BCUT2D eigenvalue weighted by Gasteiger charge is 2.56. The van der Waals surface area contributed by atoms with Crippen molar-refractivity contribution in [2.24, 2.45) is 0 Å². The van der Waals surface area contributed by atoms with Crippen molar-refractivity contribution in [3.8, 4) is 17.6 Å². The minimum atomic E-state index is -2.23. The van der Waals surface area contributed by atoms with Crippen molar-refractivity contribution < 1.29 is 152 Å². The highest BCUT2D eigenvalue weighted by Crippen LogP contribution is 2.35. The van der Waals surface area contributed by atoms with Crippen LogP contribution in [0.1, 0.15) is 104 Å². The molecule has 29 atom stereocenters. The Balaban J connectivity index is 1.18. The van der Waals surface area contributed by atoms with Crippen LogP contribution in [0.5, 0.6) is 5.75 Å². The molecule has 5 amide bonds. The van der Waals surface area contributed by atoms with E-state index in [9.17, 15) is 95.5 Å². The first-order valence-electron chi connectivity index (χ1n) is 32.6. The second-order valence-electron chi connectivity index (χ2n) is 24.5. The fraction of sp³-hybridized carbons (Fsp3) is 0.790. The highest BCUT2D eigenvalue weighted by atomic mass is 16.8. The number of unbranched alkanes of at least 4 members (excludes halogenated alkanes) is 5. The van der Waals surface area contributed by atoms with Gasteiger partial charge in [-0.2, -0.15) is 0 Å². The second kappa shape index (κ2) is 39.4. The van der Waals surface area contributed by atoms with Crippen LogP contribution < -0.4 is 31.3 Å². The average Bonchev–Trinajstić information content (AvgIpc) is 0.787. The molecule has 36 heteroatoms. The van der Waals surface area contributed by atoms with Gasteiger partial charge in [0.2, 0.25) is 29.9 Å². The molecule has 5 aliphatic rings. The Labute approximate surface area is 565 Å². The summed E-state index contributed by atoms with van der Waals surface area (Å²) in [6.07, 6.45) is -38.4. The maximum atomic E-state index is 13.9. The van der Waals surface area contributed by atoms with Crippen LogP contribution in [-0.4, -0.2) is 319 Å². The maximum Gasteiger partial charge on any atom is 0.251 e. The largest absolute Gasteiger partial charge is 0.494 e. The first-order valence-corrected chi connectivity index (χ1v) is 32.6. The molecule has 5 aliphatic heterocycles. The predicted octanol–water partition coefficient (Wildman–Crippen LogP) is -7.33. The number of benzene rings is 1. The first-order chi connectivity index (χ1) is 46.6. The number of aliphatic hydroxyl groups is 14. The fourth-order valence-electron chi connectivity index (χ4n) is 11.6. The Morgan fingerprint density at radius 3 is 1.71 bits per heavy atom. The molecule has 0 aliphatic carbocycles. The van der Waals surface area contributed by atoms with Gasteiger partial charge in [0, 0.05) is 46.1 Å². The number of aliphatic hydroxyl groups excluding tert-OH is 14. The number of hydrogen-bond donors (Lipinski definition) is 19. The van der Waals surface area contributed by atoms with Gasteiger partial charge >= 0.3 is 0 Å². The van der Waals surface area contributed by atoms with Gasteiger partial charge in [-0.15, -0.1) is 11.8 Å². The Morgan fingerprint density at radius 1 is 0.561 bits per heavy atom. The lowest BCUT2D eigenvalue weighted by Crippen LogP contribution is -2.70. The maximum absolute atomic E-state index is 13.9. The fourth-order valence-corrected chi connectivity index (χ4v) is 11.6. The molecule has 0 spiro atoms. The topological polar surface area (TPSA) is 539 Å². The molecule has 1 aromatic rings. The summed E-state index contributed by atoms with van der Waals surface area (Å²) in [4.78, 5) is 64.3. The predicted molar refractivity (Wildman–Crippen MR) is 329 cm³/mol. The molecule has 0 radical (unpaired) electrons. The van der Waals surface area contributed by atoms with Crippen LogP contribution in [0.15, 0.2) is 24.3 Å². The van der Waals surface area contributed by atoms with Crippen LogP contribution in [0.4, 0.5) is 0 Å². The van der Waals surface area contributed by atoms with Crippen LogP contribution in [0.25, 0.3) is 0 Å². The lowest BCUT2D eigenvalue weighted by molar-refractivity contribution is -0.357. The third kappa shape index (κ3) is 22.2. The van der Waals surface area contributed by atoms with Crippen LogP contribution >= 0.6 is 0 Å². The van der Waals surface area contributed by atoms with E-state index < -0.39 is 241 Å². The van der Waals surface area contributed by atoms with E-state index in [1.807, 2.05) is 0 Å². The van der Waals surface area contributed by atoms with Gasteiger partial charge in [0.1, 0.15) is 128 Å². The molecule has 5 fully saturated rings. The standard InChI is InChI=1S/C62H99N5O31/c1-8-9-10-11-12-13-14-15-16-20-87-34-19-17-18-33(21-34)55(84)67-41-46(78)45(77)36(23-69)93-59(41)96-52-37(24-70)94-58(42(48(52)80)64-30(5)73)89-27(2)35(22-68)92-62(56(85)66-32(7)75)98-53-38(25-71)95-60(43(49(53)81)65-31(6)74)97-54-39(91-57(86)40(47(54)79)63-29(4)72)26-88-61-51(83)50(82)44(76)28(3)90-61/h17-19,21,27-28,35-54,56-62,68-71,76-83,85-86H,8-12,15-16,20,22-26H2,1-7H3,(H,63,72)(H,64,73)(H,65,74)(H,66,75)(H,67,84)/t27?,28?,35?,36?,37-,38-,39?,40-,41-,42?,43?,44?,45+,46+,47+,48?,49?,50-,51+,52+,53+,54?,56?,57?,58+,59?,60?,61+,62-/m0/s1.